The Bertz CT molecular complexity index is 793. The lowest BCUT2D eigenvalue weighted by molar-refractivity contribution is 0.392. The fourth-order valence-electron chi connectivity index (χ4n) is 2.34. The summed E-state index contributed by atoms with van der Waals surface area (Å²) in [5, 5.41) is 7.68. The minimum Gasteiger partial charge on any atom is -0.398 e. The Balaban J connectivity index is 2.01. The third kappa shape index (κ3) is 2.29. The van der Waals surface area contributed by atoms with Crippen molar-refractivity contribution in [2.45, 2.75) is 20.4 Å². The number of hydrogen-bond acceptors (Lipinski definition) is 5. The van der Waals surface area contributed by atoms with Gasteiger partial charge in [-0.25, -0.2) is 4.39 Å². The van der Waals surface area contributed by atoms with Gasteiger partial charge in [0.15, 0.2) is 5.82 Å². The molecule has 0 saturated carbocycles. The zero-order valence-electron chi connectivity index (χ0n) is 11.8. The average molecular weight is 286 g/mol. The van der Waals surface area contributed by atoms with Gasteiger partial charge in [0.2, 0.25) is 0 Å². The molecule has 0 aliphatic carbocycles. The van der Waals surface area contributed by atoms with Crippen molar-refractivity contribution in [2.75, 3.05) is 11.1 Å². The Morgan fingerprint density at radius 2 is 2.19 bits per heavy atom. The second-order valence-electron chi connectivity index (χ2n) is 4.88. The molecule has 0 aliphatic rings. The third-order valence-corrected chi connectivity index (χ3v) is 3.50. The lowest BCUT2D eigenvalue weighted by atomic mass is 10.1. The SMILES string of the molecule is Cc1noc(C)c1CNc1c(F)cc(N)c2cccnc12. The minimum atomic E-state index is -0.425. The van der Waals surface area contributed by atoms with E-state index in [0.717, 1.165) is 16.6 Å². The third-order valence-electron chi connectivity index (χ3n) is 3.50. The van der Waals surface area contributed by atoms with Crippen LogP contribution >= 0.6 is 0 Å². The summed E-state index contributed by atoms with van der Waals surface area (Å²) in [4.78, 5) is 4.23. The van der Waals surface area contributed by atoms with E-state index in [0.29, 0.717) is 29.2 Å². The van der Waals surface area contributed by atoms with Gasteiger partial charge in [-0.1, -0.05) is 5.16 Å². The molecule has 0 unspecified atom stereocenters. The minimum absolute atomic E-state index is 0.333. The van der Waals surface area contributed by atoms with Crippen LogP contribution in [0.15, 0.2) is 28.9 Å². The standard InChI is InChI=1S/C15H15FN4O/c1-8-11(9(2)21-20-8)7-19-15-12(16)6-13(17)10-4-3-5-18-14(10)15/h3-6,19H,7,17H2,1-2H3. The highest BCUT2D eigenvalue weighted by Crippen LogP contribution is 2.30. The number of nitrogens with two attached hydrogens (primary N) is 1. The normalized spacial score (nSPS) is 11.0. The number of nitrogens with one attached hydrogen (secondary N) is 1. The number of nitrogens with zero attached hydrogens (tertiary/aromatic N) is 2. The highest BCUT2D eigenvalue weighted by molar-refractivity contribution is 5.98. The number of benzene rings is 1. The van der Waals surface area contributed by atoms with E-state index in [1.165, 1.54) is 6.07 Å². The first kappa shape index (κ1) is 13.4. The maximum Gasteiger partial charge on any atom is 0.150 e. The predicted octanol–water partition coefficient (Wildman–Crippen LogP) is 3.17. The first-order valence-corrected chi connectivity index (χ1v) is 6.56. The Morgan fingerprint density at radius 3 is 2.90 bits per heavy atom. The molecule has 0 aliphatic heterocycles. The molecule has 0 bridgehead atoms. The molecule has 3 N–H and O–H groups in total. The molecule has 0 fully saturated rings. The lowest BCUT2D eigenvalue weighted by Gasteiger charge is -2.11. The van der Waals surface area contributed by atoms with Gasteiger partial charge in [0.05, 0.1) is 16.9 Å². The van der Waals surface area contributed by atoms with E-state index in [2.05, 4.69) is 15.5 Å². The smallest absolute Gasteiger partial charge is 0.150 e. The van der Waals surface area contributed by atoms with Gasteiger partial charge in [-0.3, -0.25) is 4.98 Å². The number of aryl methyl sites for hydroxylation is 2. The van der Waals surface area contributed by atoms with Crippen LogP contribution in [-0.4, -0.2) is 10.1 Å². The van der Waals surface area contributed by atoms with Gasteiger partial charge in [-0.05, 0) is 32.0 Å². The Labute approximate surface area is 121 Å². The summed E-state index contributed by atoms with van der Waals surface area (Å²) in [6.45, 7) is 4.09. The van der Waals surface area contributed by atoms with Crippen LogP contribution in [0.25, 0.3) is 10.9 Å². The van der Waals surface area contributed by atoms with Crippen molar-refractivity contribution >= 4 is 22.3 Å². The molecule has 2 heterocycles. The average Bonchev–Trinajstić information content (AvgIpc) is 2.78. The van der Waals surface area contributed by atoms with Gasteiger partial charge < -0.3 is 15.6 Å². The van der Waals surface area contributed by atoms with Gasteiger partial charge in [-0.15, -0.1) is 0 Å². The molecule has 0 spiro atoms. The van der Waals surface area contributed by atoms with Crippen LogP contribution in [0, 0.1) is 19.7 Å². The predicted molar refractivity (Wildman–Crippen MR) is 79.4 cm³/mol. The summed E-state index contributed by atoms with van der Waals surface area (Å²) >= 11 is 0. The van der Waals surface area contributed by atoms with Crippen LogP contribution < -0.4 is 11.1 Å². The van der Waals surface area contributed by atoms with Crippen LogP contribution in [0.4, 0.5) is 15.8 Å². The van der Waals surface area contributed by atoms with E-state index in [1.807, 2.05) is 19.9 Å². The van der Waals surface area contributed by atoms with Gasteiger partial charge in [0.25, 0.3) is 0 Å². The molecular weight excluding hydrogens is 271 g/mol. The second-order valence-corrected chi connectivity index (χ2v) is 4.88. The highest BCUT2D eigenvalue weighted by Gasteiger charge is 2.14. The Hall–Kier alpha value is -2.63. The second kappa shape index (κ2) is 5.05. The number of rotatable bonds is 3. The van der Waals surface area contributed by atoms with E-state index < -0.39 is 5.82 Å². The van der Waals surface area contributed by atoms with E-state index in [-0.39, 0.29) is 0 Å². The van der Waals surface area contributed by atoms with Crippen LogP contribution in [-0.2, 0) is 6.54 Å². The van der Waals surface area contributed by atoms with Gasteiger partial charge in [-0.2, -0.15) is 0 Å². The summed E-state index contributed by atoms with van der Waals surface area (Å²) in [6, 6.07) is 4.90. The van der Waals surface area contributed by atoms with Crippen molar-refractivity contribution in [3.63, 3.8) is 0 Å². The Kier molecular flexibility index (Phi) is 3.21. The fraction of sp³-hybridized carbons (Fsp3) is 0.200. The van der Waals surface area contributed by atoms with Gasteiger partial charge in [0, 0.05) is 29.4 Å². The summed E-state index contributed by atoms with van der Waals surface area (Å²) in [5.74, 6) is 0.290. The molecule has 6 heteroatoms. The van der Waals surface area contributed by atoms with Crippen molar-refractivity contribution in [1.29, 1.82) is 0 Å². The van der Waals surface area contributed by atoms with E-state index in [9.17, 15) is 4.39 Å². The van der Waals surface area contributed by atoms with Gasteiger partial charge in [0.1, 0.15) is 5.76 Å². The molecule has 108 valence electrons. The van der Waals surface area contributed by atoms with Crippen molar-refractivity contribution in [3.8, 4) is 0 Å². The maximum atomic E-state index is 14.2. The zero-order chi connectivity index (χ0) is 15.0. The van der Waals surface area contributed by atoms with Gasteiger partial charge >= 0.3 is 0 Å². The number of halogens is 1. The Morgan fingerprint density at radius 1 is 1.38 bits per heavy atom. The molecule has 0 radical (unpaired) electrons. The fourth-order valence-corrected chi connectivity index (χ4v) is 2.34. The molecule has 3 aromatic rings. The first-order valence-electron chi connectivity index (χ1n) is 6.56. The quantitative estimate of drug-likeness (QED) is 0.723. The number of aromatic nitrogens is 2. The topological polar surface area (TPSA) is 77.0 Å². The number of anilines is 2. The number of fused-ring (bicyclic) bond motifs is 1. The van der Waals surface area contributed by atoms with Crippen molar-refractivity contribution < 1.29 is 8.91 Å². The van der Waals surface area contributed by atoms with Crippen molar-refractivity contribution in [1.82, 2.24) is 10.1 Å². The molecule has 0 saturated heterocycles. The van der Waals surface area contributed by atoms with Crippen LogP contribution in [0.2, 0.25) is 0 Å². The van der Waals surface area contributed by atoms with E-state index >= 15 is 0 Å². The van der Waals surface area contributed by atoms with E-state index in [1.54, 1.807) is 12.3 Å². The molecule has 21 heavy (non-hydrogen) atoms. The lowest BCUT2D eigenvalue weighted by Crippen LogP contribution is -2.05. The summed E-state index contributed by atoms with van der Waals surface area (Å²) in [6.07, 6.45) is 1.61. The van der Waals surface area contributed by atoms with Crippen LogP contribution in [0.1, 0.15) is 17.0 Å². The zero-order valence-corrected chi connectivity index (χ0v) is 11.8. The number of pyridine rings is 1. The molecule has 2 aromatic heterocycles. The number of hydrogen-bond donors (Lipinski definition) is 2. The van der Waals surface area contributed by atoms with Crippen LogP contribution in [0.3, 0.4) is 0 Å². The monoisotopic (exact) mass is 286 g/mol. The molecule has 3 rings (SSSR count). The maximum absolute atomic E-state index is 14.2. The van der Waals surface area contributed by atoms with E-state index in [4.69, 9.17) is 10.3 Å². The van der Waals surface area contributed by atoms with Crippen molar-refractivity contribution in [2.24, 2.45) is 0 Å². The van der Waals surface area contributed by atoms with Crippen LogP contribution in [0.5, 0.6) is 0 Å². The largest absolute Gasteiger partial charge is 0.398 e. The summed E-state index contributed by atoms with van der Waals surface area (Å²) in [7, 11) is 0. The molecular formula is C15H15FN4O. The summed E-state index contributed by atoms with van der Waals surface area (Å²) in [5.41, 5.74) is 8.75. The highest BCUT2D eigenvalue weighted by atomic mass is 19.1. The first-order chi connectivity index (χ1) is 10.1. The molecule has 1 aromatic carbocycles. The number of nitrogen functional groups attached to an aromatic ring is 1. The molecule has 5 nitrogen and oxygen atoms in total. The molecule has 0 amide bonds. The summed E-state index contributed by atoms with van der Waals surface area (Å²) < 4.78 is 19.3. The molecule has 0 atom stereocenters. The van der Waals surface area contributed by atoms with Crippen molar-refractivity contribution in [3.05, 3.63) is 47.2 Å².